The molecule has 0 amide bonds. The SMILES string of the molecule is [C-]#[N+]C(C#N)=c1cc(OCCOCCCCS(=O)(=O)O)c(=C(C#N)[N+]#[C-])cc1OCCOCCCCS(O)(O)O. The van der Waals surface area contributed by atoms with Gasteiger partial charge in [0.25, 0.3) is 21.5 Å². The summed E-state index contributed by atoms with van der Waals surface area (Å²) in [5.74, 6) is -0.423. The highest BCUT2D eigenvalue weighted by molar-refractivity contribution is 8.19. The van der Waals surface area contributed by atoms with Crippen LogP contribution in [0.2, 0.25) is 0 Å². The van der Waals surface area contributed by atoms with Gasteiger partial charge in [0.2, 0.25) is 0 Å². The molecule has 0 unspecified atom stereocenters. The van der Waals surface area contributed by atoms with Gasteiger partial charge in [0.1, 0.15) is 24.7 Å². The smallest absolute Gasteiger partial charge is 0.272 e. The molecule has 218 valence electrons. The maximum atomic E-state index is 10.7. The first kappa shape index (κ1) is 34.6. The predicted molar refractivity (Wildman–Crippen MR) is 145 cm³/mol. The van der Waals surface area contributed by atoms with E-state index in [1.165, 1.54) is 12.1 Å². The molecule has 40 heavy (non-hydrogen) atoms. The number of unbranched alkanes of at least 4 members (excludes halogenated alkanes) is 2. The van der Waals surface area contributed by atoms with Crippen LogP contribution in [-0.2, 0) is 19.6 Å². The highest BCUT2D eigenvalue weighted by atomic mass is 32.3. The summed E-state index contributed by atoms with van der Waals surface area (Å²) in [5, 5.41) is 19.0. The number of benzene rings is 1. The van der Waals surface area contributed by atoms with Crippen molar-refractivity contribution < 1.29 is 45.6 Å². The van der Waals surface area contributed by atoms with Crippen LogP contribution in [0.25, 0.3) is 21.1 Å². The van der Waals surface area contributed by atoms with Crippen molar-refractivity contribution in [2.45, 2.75) is 25.7 Å². The van der Waals surface area contributed by atoms with Gasteiger partial charge < -0.3 is 32.6 Å². The Labute approximate surface area is 234 Å². The van der Waals surface area contributed by atoms with Gasteiger partial charge in [0.15, 0.2) is 0 Å². The molecule has 0 atom stereocenters. The summed E-state index contributed by atoms with van der Waals surface area (Å²) in [7, 11) is -7.56. The minimum Gasteiger partial charge on any atom is -0.492 e. The average molecular weight is 599 g/mol. The molecule has 16 heteroatoms. The van der Waals surface area contributed by atoms with Crippen molar-refractivity contribution in [3.8, 4) is 23.6 Å². The number of nitriles is 2. The lowest BCUT2D eigenvalue weighted by atomic mass is 10.1. The van der Waals surface area contributed by atoms with Gasteiger partial charge in [-0.1, -0.05) is 0 Å². The van der Waals surface area contributed by atoms with Gasteiger partial charge in [0, 0.05) is 29.4 Å². The van der Waals surface area contributed by atoms with E-state index in [2.05, 4.69) is 9.69 Å². The Morgan fingerprint density at radius 1 is 0.725 bits per heavy atom. The zero-order chi connectivity index (χ0) is 30.0. The first-order valence-corrected chi connectivity index (χ1v) is 15.1. The van der Waals surface area contributed by atoms with E-state index in [4.69, 9.17) is 50.3 Å². The second kappa shape index (κ2) is 18.0. The molecule has 0 fully saturated rings. The summed E-state index contributed by atoms with van der Waals surface area (Å²) in [5.41, 5.74) is -0.628. The van der Waals surface area contributed by atoms with Gasteiger partial charge in [0.05, 0.1) is 55.1 Å². The fourth-order valence-electron chi connectivity index (χ4n) is 3.07. The zero-order valence-corrected chi connectivity index (χ0v) is 23.1. The van der Waals surface area contributed by atoms with Crippen LogP contribution in [0.3, 0.4) is 0 Å². The van der Waals surface area contributed by atoms with Gasteiger partial charge in [-0.15, -0.1) is 0 Å². The van der Waals surface area contributed by atoms with Crippen LogP contribution in [-0.4, -0.2) is 77.8 Å². The lowest BCUT2D eigenvalue weighted by Gasteiger charge is -2.18. The Morgan fingerprint density at radius 2 is 1.15 bits per heavy atom. The summed E-state index contributed by atoms with van der Waals surface area (Å²) in [4.78, 5) is 6.42. The highest BCUT2D eigenvalue weighted by Gasteiger charge is 2.13. The minimum absolute atomic E-state index is 0.0101. The number of ether oxygens (including phenoxy) is 4. The molecule has 0 saturated heterocycles. The molecule has 0 aromatic heterocycles. The lowest BCUT2D eigenvalue weighted by molar-refractivity contribution is 0.0963. The Bertz CT molecular complexity index is 1350. The van der Waals surface area contributed by atoms with Crippen LogP contribution in [0.1, 0.15) is 25.7 Å². The standard InChI is InChI=1S/C24H30N4O10S2/c1-27-21(17-25)19-15-24(38-12-10-36-8-4-6-14-40(32,33)34)20(22(18-26)28-2)16-23(19)37-11-9-35-7-3-5-13-39(29,30)31/h15-16,29-31H,3-14H2,(H,32,33,34). The molecule has 0 heterocycles. The van der Waals surface area contributed by atoms with Crippen LogP contribution >= 0.6 is 10.9 Å². The van der Waals surface area contributed by atoms with E-state index in [0.717, 1.165) is 0 Å². The fourth-order valence-corrected chi connectivity index (χ4v) is 4.23. The molecule has 0 saturated carbocycles. The fraction of sp³-hybridized carbons (Fsp3) is 0.500. The third-order valence-electron chi connectivity index (χ3n) is 4.90. The van der Waals surface area contributed by atoms with Crippen molar-refractivity contribution in [1.29, 1.82) is 10.5 Å². The van der Waals surface area contributed by atoms with E-state index in [0.29, 0.717) is 19.3 Å². The van der Waals surface area contributed by atoms with E-state index in [1.807, 2.05) is 0 Å². The van der Waals surface area contributed by atoms with Crippen LogP contribution < -0.4 is 19.9 Å². The molecule has 1 rings (SSSR count). The molecule has 0 bridgehead atoms. The summed E-state index contributed by atoms with van der Waals surface area (Å²) < 4.78 is 79.2. The first-order chi connectivity index (χ1) is 19.0. The largest absolute Gasteiger partial charge is 0.492 e. The molecular formula is C24H30N4O10S2. The molecular weight excluding hydrogens is 568 g/mol. The van der Waals surface area contributed by atoms with Gasteiger partial charge in [-0.25, -0.2) is 20.2 Å². The summed E-state index contributed by atoms with van der Waals surface area (Å²) >= 11 is 0. The lowest BCUT2D eigenvalue weighted by Crippen LogP contribution is -2.22. The van der Waals surface area contributed by atoms with E-state index in [9.17, 15) is 18.9 Å². The Morgan fingerprint density at radius 3 is 1.50 bits per heavy atom. The molecule has 0 spiro atoms. The molecule has 0 aliphatic rings. The van der Waals surface area contributed by atoms with Crippen molar-refractivity contribution in [3.63, 3.8) is 0 Å². The van der Waals surface area contributed by atoms with E-state index in [-0.39, 0.29) is 90.9 Å². The highest BCUT2D eigenvalue weighted by Crippen LogP contribution is 2.33. The number of hydrogen-bond acceptors (Lipinski definition) is 11. The van der Waals surface area contributed by atoms with Crippen LogP contribution in [0.4, 0.5) is 0 Å². The third kappa shape index (κ3) is 14.1. The molecule has 1 aromatic carbocycles. The normalized spacial score (nSPS) is 13.2. The maximum absolute atomic E-state index is 10.7. The van der Waals surface area contributed by atoms with Crippen LogP contribution in [0, 0.1) is 35.8 Å². The summed E-state index contributed by atoms with van der Waals surface area (Å²) in [6.07, 6.45) is 1.40. The minimum atomic E-state index is -4.03. The van der Waals surface area contributed by atoms with Gasteiger partial charge in [-0.3, -0.25) is 4.55 Å². The Kier molecular flexibility index (Phi) is 15.6. The Balaban J connectivity index is 2.97. The molecule has 0 radical (unpaired) electrons. The maximum Gasteiger partial charge on any atom is 0.272 e. The van der Waals surface area contributed by atoms with Crippen LogP contribution in [0.5, 0.6) is 11.5 Å². The topological polar surface area (TPSA) is 208 Å². The molecule has 4 N–H and O–H groups in total. The van der Waals surface area contributed by atoms with Crippen molar-refractivity contribution in [1.82, 2.24) is 0 Å². The second-order valence-corrected chi connectivity index (χ2v) is 11.2. The van der Waals surface area contributed by atoms with E-state index < -0.39 is 21.0 Å². The van der Waals surface area contributed by atoms with Gasteiger partial charge >= 0.3 is 0 Å². The zero-order valence-electron chi connectivity index (χ0n) is 21.5. The molecule has 1 aromatic rings. The first-order valence-electron chi connectivity index (χ1n) is 11.8. The molecule has 0 aliphatic heterocycles. The van der Waals surface area contributed by atoms with Crippen molar-refractivity contribution in [3.05, 3.63) is 45.4 Å². The van der Waals surface area contributed by atoms with Crippen molar-refractivity contribution in [2.75, 3.05) is 51.1 Å². The second-order valence-electron chi connectivity index (χ2n) is 7.95. The number of nitrogens with zero attached hydrogens (tertiary/aromatic N) is 4. The molecule has 0 aliphatic carbocycles. The van der Waals surface area contributed by atoms with Crippen molar-refractivity contribution >= 4 is 32.4 Å². The quantitative estimate of drug-likeness (QED) is 0.109. The average Bonchev–Trinajstić information content (AvgIpc) is 2.88. The number of hydrogen-bond donors (Lipinski definition) is 4. The summed E-state index contributed by atoms with van der Waals surface area (Å²) in [6.45, 7) is 15.3. The van der Waals surface area contributed by atoms with Gasteiger partial charge in [-0.05, 0) is 37.8 Å². The molecule has 14 nitrogen and oxygen atoms in total. The summed E-state index contributed by atoms with van der Waals surface area (Å²) in [6, 6.07) is 6.20. The van der Waals surface area contributed by atoms with E-state index >= 15 is 0 Å². The van der Waals surface area contributed by atoms with Gasteiger partial charge in [-0.2, -0.15) is 8.42 Å². The number of rotatable bonds is 18. The predicted octanol–water partition coefficient (Wildman–Crippen LogP) is 2.25. The van der Waals surface area contributed by atoms with Crippen molar-refractivity contribution in [2.24, 2.45) is 0 Å². The monoisotopic (exact) mass is 598 g/mol. The van der Waals surface area contributed by atoms with Crippen LogP contribution in [0.15, 0.2) is 12.1 Å². The Hall–Kier alpha value is -3.42. The van der Waals surface area contributed by atoms with E-state index in [1.54, 1.807) is 12.1 Å². The third-order valence-corrected chi connectivity index (χ3v) is 6.54.